The van der Waals surface area contributed by atoms with E-state index in [9.17, 15) is 18.0 Å². The van der Waals surface area contributed by atoms with Gasteiger partial charge in [-0.3, -0.25) is 4.79 Å². The van der Waals surface area contributed by atoms with Crippen molar-refractivity contribution in [3.63, 3.8) is 0 Å². The summed E-state index contributed by atoms with van der Waals surface area (Å²) in [6.45, 7) is 2.62. The quantitative estimate of drug-likeness (QED) is 0.382. The molecule has 1 aliphatic carbocycles. The van der Waals surface area contributed by atoms with Gasteiger partial charge in [-0.1, -0.05) is 36.6 Å². The van der Waals surface area contributed by atoms with Gasteiger partial charge >= 0.3 is 6.18 Å². The summed E-state index contributed by atoms with van der Waals surface area (Å²) in [7, 11) is 0. The van der Waals surface area contributed by atoms with Gasteiger partial charge in [-0.15, -0.1) is 0 Å². The van der Waals surface area contributed by atoms with Gasteiger partial charge in [-0.05, 0) is 80.3 Å². The Morgan fingerprint density at radius 2 is 1.68 bits per heavy atom. The minimum Gasteiger partial charge on any atom is -0.494 e. The second kappa shape index (κ2) is 10.5. The van der Waals surface area contributed by atoms with Crippen LogP contribution in [0.15, 0.2) is 42.5 Å². The number of ether oxygens (including phenoxy) is 1. The summed E-state index contributed by atoms with van der Waals surface area (Å²) < 4.78 is 44.3. The molecule has 0 amide bonds. The van der Waals surface area contributed by atoms with Crippen molar-refractivity contribution < 1.29 is 22.7 Å². The van der Waals surface area contributed by atoms with Crippen molar-refractivity contribution in [1.29, 1.82) is 0 Å². The highest BCUT2D eigenvalue weighted by molar-refractivity contribution is 6.34. The fourth-order valence-electron chi connectivity index (χ4n) is 4.30. The van der Waals surface area contributed by atoms with E-state index in [0.717, 1.165) is 62.5 Å². The molecule has 0 radical (unpaired) electrons. The zero-order valence-electron chi connectivity index (χ0n) is 17.7. The topological polar surface area (TPSA) is 26.3 Å². The number of carbonyl (C=O) groups excluding carboxylic acids is 1. The molecule has 0 bridgehead atoms. The van der Waals surface area contributed by atoms with Crippen LogP contribution >= 0.6 is 11.6 Å². The van der Waals surface area contributed by atoms with Crippen molar-refractivity contribution in [3.05, 3.63) is 64.2 Å². The first-order chi connectivity index (χ1) is 14.8. The van der Waals surface area contributed by atoms with Gasteiger partial charge in [0.2, 0.25) is 0 Å². The van der Waals surface area contributed by atoms with E-state index in [0.29, 0.717) is 12.5 Å². The molecule has 0 atom stereocenters. The van der Waals surface area contributed by atoms with Gasteiger partial charge in [0.1, 0.15) is 5.75 Å². The first-order valence-electron chi connectivity index (χ1n) is 10.9. The minimum atomic E-state index is -4.49. The molecule has 1 fully saturated rings. The molecule has 2 aromatic carbocycles. The largest absolute Gasteiger partial charge is 0.494 e. The monoisotopic (exact) mass is 452 g/mol. The molecule has 31 heavy (non-hydrogen) atoms. The molecule has 0 heterocycles. The Hall–Kier alpha value is -2.01. The number of benzene rings is 2. The zero-order chi connectivity index (χ0) is 22.4. The fourth-order valence-corrected chi connectivity index (χ4v) is 4.52. The summed E-state index contributed by atoms with van der Waals surface area (Å²) in [5, 5.41) is 0.0852. The number of ketones is 1. The number of halogens is 4. The Morgan fingerprint density at radius 3 is 2.29 bits per heavy atom. The first-order valence-corrected chi connectivity index (χ1v) is 11.3. The van der Waals surface area contributed by atoms with E-state index in [-0.39, 0.29) is 28.7 Å². The predicted octanol–water partition coefficient (Wildman–Crippen LogP) is 7.77. The van der Waals surface area contributed by atoms with Crippen LogP contribution in [0.1, 0.15) is 66.9 Å². The van der Waals surface area contributed by atoms with E-state index >= 15 is 0 Å². The van der Waals surface area contributed by atoms with Crippen LogP contribution in [0, 0.1) is 11.8 Å². The van der Waals surface area contributed by atoms with Gasteiger partial charge < -0.3 is 4.74 Å². The van der Waals surface area contributed by atoms with E-state index in [1.54, 1.807) is 0 Å². The van der Waals surface area contributed by atoms with Crippen molar-refractivity contribution in [2.45, 2.75) is 58.0 Å². The molecule has 0 N–H and O–H groups in total. The van der Waals surface area contributed by atoms with E-state index in [4.69, 9.17) is 16.3 Å². The Balaban J connectivity index is 1.47. The molecule has 2 aromatic rings. The molecular formula is C25H28ClF3O2. The Morgan fingerprint density at radius 1 is 1.03 bits per heavy atom. The number of hydrogen-bond donors (Lipinski definition) is 0. The average Bonchev–Trinajstić information content (AvgIpc) is 2.74. The number of carbonyl (C=O) groups is 1. The average molecular weight is 453 g/mol. The van der Waals surface area contributed by atoms with Crippen molar-refractivity contribution in [2.24, 2.45) is 11.8 Å². The molecule has 3 rings (SSSR count). The summed E-state index contributed by atoms with van der Waals surface area (Å²) in [5.74, 6) is 1.42. The van der Waals surface area contributed by atoms with E-state index in [2.05, 4.69) is 12.1 Å². The first kappa shape index (κ1) is 23.6. The third-order valence-electron chi connectivity index (χ3n) is 6.11. The highest BCUT2D eigenvalue weighted by atomic mass is 35.5. The molecule has 168 valence electrons. The van der Waals surface area contributed by atoms with Crippen LogP contribution in [0.3, 0.4) is 0 Å². The lowest BCUT2D eigenvalue weighted by Gasteiger charge is -2.28. The van der Waals surface area contributed by atoms with E-state index in [1.165, 1.54) is 5.56 Å². The predicted molar refractivity (Wildman–Crippen MR) is 117 cm³/mol. The van der Waals surface area contributed by atoms with Crippen molar-refractivity contribution in [3.8, 4) is 5.75 Å². The lowest BCUT2D eigenvalue weighted by molar-refractivity contribution is -0.137. The van der Waals surface area contributed by atoms with E-state index < -0.39 is 11.7 Å². The van der Waals surface area contributed by atoms with Crippen molar-refractivity contribution in [2.75, 3.05) is 6.61 Å². The molecule has 0 aromatic heterocycles. The number of Topliss-reactive ketones (excluding diaryl/α,β-unsaturated/α-hetero) is 1. The Labute approximate surface area is 186 Å². The Kier molecular flexibility index (Phi) is 8.04. The molecule has 1 aliphatic rings. The molecule has 0 spiro atoms. The lowest BCUT2D eigenvalue weighted by atomic mass is 9.77. The fraction of sp³-hybridized carbons (Fsp3) is 0.480. The Bertz CT molecular complexity index is 869. The van der Waals surface area contributed by atoms with Crippen LogP contribution in [0.2, 0.25) is 5.02 Å². The van der Waals surface area contributed by atoms with Crippen LogP contribution in [0.5, 0.6) is 5.75 Å². The maximum atomic E-state index is 13.0. The maximum absolute atomic E-state index is 13.0. The van der Waals surface area contributed by atoms with Crippen molar-refractivity contribution in [1.82, 2.24) is 0 Å². The van der Waals surface area contributed by atoms with E-state index in [1.807, 2.05) is 19.1 Å². The normalized spacial score (nSPS) is 19.3. The summed E-state index contributed by atoms with van der Waals surface area (Å²) >= 11 is 6.01. The lowest BCUT2D eigenvalue weighted by Crippen LogP contribution is -2.18. The summed E-state index contributed by atoms with van der Waals surface area (Å²) in [6, 6.07) is 11.2. The minimum absolute atomic E-state index is 0.0193. The van der Waals surface area contributed by atoms with Gasteiger partial charge in [0.25, 0.3) is 0 Å². The standard InChI is InChI=1S/C25H28ClF3O2/c1-2-31-21-12-9-18(10-13-21)4-3-17-5-7-19(8-6-17)15-24(30)22-16-20(25(27,28)29)11-14-23(22)26/h9-14,16-17,19H,2-8,15H2,1H3. The second-order valence-electron chi connectivity index (χ2n) is 8.32. The van der Waals surface area contributed by atoms with Crippen LogP contribution in [-0.4, -0.2) is 12.4 Å². The van der Waals surface area contributed by atoms with Crippen LogP contribution in [0.4, 0.5) is 13.2 Å². The molecule has 0 unspecified atom stereocenters. The molecule has 1 saturated carbocycles. The van der Waals surface area contributed by atoms with Gasteiger partial charge in [-0.25, -0.2) is 0 Å². The molecule has 0 aliphatic heterocycles. The molecular weight excluding hydrogens is 425 g/mol. The highest BCUT2D eigenvalue weighted by Crippen LogP contribution is 2.36. The number of rotatable bonds is 8. The number of hydrogen-bond acceptors (Lipinski definition) is 2. The smallest absolute Gasteiger partial charge is 0.416 e. The summed E-state index contributed by atoms with van der Waals surface area (Å²) in [5.41, 5.74) is 0.437. The zero-order valence-corrected chi connectivity index (χ0v) is 18.4. The van der Waals surface area contributed by atoms with Gasteiger partial charge in [0, 0.05) is 12.0 Å². The van der Waals surface area contributed by atoms with Crippen LogP contribution in [-0.2, 0) is 12.6 Å². The third-order valence-corrected chi connectivity index (χ3v) is 6.44. The highest BCUT2D eigenvalue weighted by Gasteiger charge is 2.32. The molecule has 6 heteroatoms. The second-order valence-corrected chi connectivity index (χ2v) is 8.73. The third kappa shape index (κ3) is 6.73. The van der Waals surface area contributed by atoms with Gasteiger partial charge in [0.05, 0.1) is 17.2 Å². The van der Waals surface area contributed by atoms with Crippen LogP contribution < -0.4 is 4.74 Å². The summed E-state index contributed by atoms with van der Waals surface area (Å²) in [6.07, 6.45) is 1.84. The number of aryl methyl sites for hydroxylation is 1. The maximum Gasteiger partial charge on any atom is 0.416 e. The molecule has 2 nitrogen and oxygen atoms in total. The summed E-state index contributed by atoms with van der Waals surface area (Å²) in [4.78, 5) is 12.6. The van der Waals surface area contributed by atoms with Crippen LogP contribution in [0.25, 0.3) is 0 Å². The van der Waals surface area contributed by atoms with Gasteiger partial charge in [0.15, 0.2) is 5.78 Å². The SMILES string of the molecule is CCOc1ccc(CCC2CCC(CC(=O)c3cc(C(F)(F)F)ccc3Cl)CC2)cc1. The van der Waals surface area contributed by atoms with Crippen molar-refractivity contribution >= 4 is 17.4 Å². The number of alkyl halides is 3. The van der Waals surface area contributed by atoms with Gasteiger partial charge in [-0.2, -0.15) is 13.2 Å². The molecule has 0 saturated heterocycles.